The van der Waals surface area contributed by atoms with E-state index < -0.39 is 18.4 Å². The van der Waals surface area contributed by atoms with E-state index in [1.807, 2.05) is 0 Å². The van der Waals surface area contributed by atoms with Crippen LogP contribution in [-0.2, 0) is 9.53 Å². The van der Waals surface area contributed by atoms with E-state index in [2.05, 4.69) is 0 Å². The Morgan fingerprint density at radius 2 is 1.74 bits per heavy atom. The van der Waals surface area contributed by atoms with Crippen molar-refractivity contribution in [2.45, 2.75) is 4.90 Å². The number of nitrogens with zero attached hydrogens (tertiary/aromatic N) is 1. The largest absolute Gasteiger partial charge is 0.454 e. The van der Waals surface area contributed by atoms with E-state index in [1.54, 1.807) is 38.4 Å². The molecule has 0 fully saturated rings. The van der Waals surface area contributed by atoms with Crippen molar-refractivity contribution in [2.24, 2.45) is 0 Å². The lowest BCUT2D eigenvalue weighted by molar-refractivity contribution is -0.125. The molecule has 1 amide bonds. The molecule has 0 aromatic heterocycles. The van der Waals surface area contributed by atoms with Crippen LogP contribution in [0.5, 0.6) is 0 Å². The first-order valence-corrected chi connectivity index (χ1v) is 9.61. The first-order valence-electron chi connectivity index (χ1n) is 7.87. The zero-order valence-corrected chi connectivity index (χ0v) is 17.0. The summed E-state index contributed by atoms with van der Waals surface area (Å²) in [4.78, 5) is 38.4. The van der Waals surface area contributed by atoms with Gasteiger partial charge in [0.2, 0.25) is 5.91 Å². The van der Waals surface area contributed by atoms with Crippen molar-refractivity contribution >= 4 is 52.6 Å². The molecule has 0 atom stereocenters. The van der Waals surface area contributed by atoms with Gasteiger partial charge in [0.15, 0.2) is 12.4 Å². The van der Waals surface area contributed by atoms with Crippen molar-refractivity contribution in [1.82, 2.24) is 4.90 Å². The lowest BCUT2D eigenvalue weighted by Crippen LogP contribution is -2.23. The molecule has 2 rings (SSSR count). The van der Waals surface area contributed by atoms with E-state index in [0.29, 0.717) is 21.0 Å². The summed E-state index contributed by atoms with van der Waals surface area (Å²) in [6.07, 6.45) is 0. The number of halogens is 2. The van der Waals surface area contributed by atoms with Crippen molar-refractivity contribution in [1.29, 1.82) is 0 Å². The van der Waals surface area contributed by atoms with Gasteiger partial charge in [-0.3, -0.25) is 9.59 Å². The van der Waals surface area contributed by atoms with E-state index >= 15 is 0 Å². The molecule has 0 aliphatic carbocycles. The van der Waals surface area contributed by atoms with Crippen LogP contribution in [-0.4, -0.2) is 49.0 Å². The van der Waals surface area contributed by atoms with E-state index in [-0.39, 0.29) is 16.7 Å². The second-order valence-corrected chi connectivity index (χ2v) is 7.53. The lowest BCUT2D eigenvalue weighted by Gasteiger charge is -2.12. The Hall–Kier alpha value is -2.02. The number of ether oxygens (including phenoxy) is 1. The highest BCUT2D eigenvalue weighted by molar-refractivity contribution is 8.00. The number of benzene rings is 2. The minimum absolute atomic E-state index is 0.0713. The van der Waals surface area contributed by atoms with Crippen molar-refractivity contribution < 1.29 is 19.1 Å². The van der Waals surface area contributed by atoms with E-state index in [4.69, 9.17) is 27.9 Å². The zero-order chi connectivity index (χ0) is 20.0. The van der Waals surface area contributed by atoms with Gasteiger partial charge in [-0.25, -0.2) is 4.79 Å². The fourth-order valence-electron chi connectivity index (χ4n) is 1.99. The van der Waals surface area contributed by atoms with Crippen molar-refractivity contribution in [3.63, 3.8) is 0 Å². The molecule has 0 radical (unpaired) electrons. The Labute approximate surface area is 171 Å². The number of hydrogen-bond donors (Lipinski definition) is 0. The van der Waals surface area contributed by atoms with E-state index in [0.717, 1.165) is 0 Å². The quantitative estimate of drug-likeness (QED) is 0.377. The summed E-state index contributed by atoms with van der Waals surface area (Å²) >= 11 is 13.0. The third-order valence-corrected chi connectivity index (χ3v) is 5.33. The van der Waals surface area contributed by atoms with E-state index in [9.17, 15) is 14.4 Å². The molecule has 0 saturated heterocycles. The van der Waals surface area contributed by atoms with Gasteiger partial charge in [-0.05, 0) is 30.3 Å². The van der Waals surface area contributed by atoms with Gasteiger partial charge in [0.1, 0.15) is 0 Å². The fraction of sp³-hybridized carbons (Fsp3) is 0.211. The molecule has 5 nitrogen and oxygen atoms in total. The SMILES string of the molecule is CN(C)C(=O)CSc1ccccc1C(=O)OCC(=O)c1ccc(Cl)c(Cl)c1. The van der Waals surface area contributed by atoms with Crippen LogP contribution in [0.2, 0.25) is 10.0 Å². The Morgan fingerprint density at radius 1 is 1.04 bits per heavy atom. The predicted octanol–water partition coefficient (Wildman–Crippen LogP) is 4.21. The molecule has 2 aromatic rings. The van der Waals surface area contributed by atoms with Crippen LogP contribution < -0.4 is 0 Å². The van der Waals surface area contributed by atoms with Gasteiger partial charge >= 0.3 is 5.97 Å². The Kier molecular flexibility index (Phi) is 7.71. The van der Waals surface area contributed by atoms with Crippen molar-refractivity contribution in [3.8, 4) is 0 Å². The Bertz CT molecular complexity index is 871. The summed E-state index contributed by atoms with van der Waals surface area (Å²) in [6, 6.07) is 11.2. The second kappa shape index (κ2) is 9.78. The molecule has 0 aliphatic rings. The van der Waals surface area contributed by atoms with Crippen LogP contribution in [0.1, 0.15) is 20.7 Å². The maximum Gasteiger partial charge on any atom is 0.339 e. The maximum absolute atomic E-state index is 12.4. The summed E-state index contributed by atoms with van der Waals surface area (Å²) in [6.45, 7) is -0.424. The minimum Gasteiger partial charge on any atom is -0.454 e. The average Bonchev–Trinajstić information content (AvgIpc) is 2.66. The van der Waals surface area contributed by atoms with Gasteiger partial charge < -0.3 is 9.64 Å². The van der Waals surface area contributed by atoms with Gasteiger partial charge in [-0.2, -0.15) is 0 Å². The minimum atomic E-state index is -0.635. The Morgan fingerprint density at radius 3 is 2.41 bits per heavy atom. The number of Topliss-reactive ketones (excluding diaryl/α,β-unsaturated/α-hetero) is 1. The normalized spacial score (nSPS) is 10.4. The Balaban J connectivity index is 2.02. The molecule has 27 heavy (non-hydrogen) atoms. The van der Waals surface area contributed by atoms with Crippen LogP contribution >= 0.6 is 35.0 Å². The molecular formula is C19H17Cl2NO4S. The van der Waals surface area contributed by atoms with Crippen molar-refractivity contribution in [3.05, 3.63) is 63.6 Å². The van der Waals surface area contributed by atoms with Crippen LogP contribution in [0.15, 0.2) is 47.4 Å². The molecule has 2 aromatic carbocycles. The number of esters is 1. The highest BCUT2D eigenvalue weighted by Gasteiger charge is 2.17. The molecule has 0 unspecified atom stereocenters. The molecule has 0 spiro atoms. The second-order valence-electron chi connectivity index (χ2n) is 5.70. The van der Waals surface area contributed by atoms with Gasteiger partial charge in [0.25, 0.3) is 0 Å². The van der Waals surface area contributed by atoms with Crippen LogP contribution in [0.3, 0.4) is 0 Å². The molecule has 142 valence electrons. The first-order chi connectivity index (χ1) is 12.8. The van der Waals surface area contributed by atoms with Crippen molar-refractivity contribution in [2.75, 3.05) is 26.5 Å². The molecule has 0 bridgehead atoms. The smallest absolute Gasteiger partial charge is 0.339 e. The summed E-state index contributed by atoms with van der Waals surface area (Å²) in [5, 5.41) is 0.588. The molecule has 0 heterocycles. The highest BCUT2D eigenvalue weighted by atomic mass is 35.5. The monoisotopic (exact) mass is 425 g/mol. The van der Waals surface area contributed by atoms with Crippen LogP contribution in [0.25, 0.3) is 0 Å². The number of amides is 1. The third kappa shape index (κ3) is 5.99. The van der Waals surface area contributed by atoms with Gasteiger partial charge in [0, 0.05) is 24.6 Å². The number of hydrogen-bond acceptors (Lipinski definition) is 5. The molecule has 8 heteroatoms. The highest BCUT2D eigenvalue weighted by Crippen LogP contribution is 2.24. The standard InChI is InChI=1S/C19H17Cl2NO4S/c1-22(2)18(24)11-27-17-6-4-3-5-13(17)19(25)26-10-16(23)12-7-8-14(20)15(21)9-12/h3-9H,10-11H2,1-2H3. The summed E-state index contributed by atoms with van der Waals surface area (Å²) < 4.78 is 5.14. The van der Waals surface area contributed by atoms with Crippen LogP contribution in [0.4, 0.5) is 0 Å². The maximum atomic E-state index is 12.4. The average molecular weight is 426 g/mol. The molecule has 0 N–H and O–H groups in total. The summed E-state index contributed by atoms with van der Waals surface area (Å²) in [5.74, 6) is -0.906. The number of ketones is 1. The predicted molar refractivity (Wildman–Crippen MR) is 107 cm³/mol. The topological polar surface area (TPSA) is 63.7 Å². The zero-order valence-electron chi connectivity index (χ0n) is 14.7. The van der Waals surface area contributed by atoms with Gasteiger partial charge in [0.05, 0.1) is 21.4 Å². The number of carbonyl (C=O) groups is 3. The fourth-order valence-corrected chi connectivity index (χ4v) is 3.31. The molecule has 0 saturated carbocycles. The summed E-state index contributed by atoms with van der Waals surface area (Å²) in [7, 11) is 3.33. The number of thioether (sulfide) groups is 1. The van der Waals surface area contributed by atoms with Gasteiger partial charge in [-0.15, -0.1) is 11.8 Å². The number of carbonyl (C=O) groups excluding carboxylic acids is 3. The lowest BCUT2D eigenvalue weighted by atomic mass is 10.1. The third-order valence-electron chi connectivity index (χ3n) is 3.53. The first kappa shape index (κ1) is 21.3. The van der Waals surface area contributed by atoms with E-state index in [1.165, 1.54) is 34.9 Å². The van der Waals surface area contributed by atoms with Crippen LogP contribution in [0, 0.1) is 0 Å². The van der Waals surface area contributed by atoms with Gasteiger partial charge in [-0.1, -0.05) is 35.3 Å². The summed E-state index contributed by atoms with van der Waals surface area (Å²) in [5.41, 5.74) is 0.604. The number of rotatable bonds is 7. The molecule has 0 aliphatic heterocycles. The molecular weight excluding hydrogens is 409 g/mol.